The maximum Gasteiger partial charge on any atom is 0.472 e. The zero-order valence-electron chi connectivity index (χ0n) is 33.1. The smallest absolute Gasteiger partial charge is 0.472 e. The first-order valence-electron chi connectivity index (χ1n) is 20.5. The number of allylic oxidation sites excluding steroid dienone is 6. The van der Waals surface area contributed by atoms with Gasteiger partial charge in [0.2, 0.25) is 5.91 Å². The Morgan fingerprint density at radius 3 is 1.62 bits per heavy atom. The quantitative estimate of drug-likeness (QED) is 0.0205. The summed E-state index contributed by atoms with van der Waals surface area (Å²) in [6, 6.07) is -1.55. The van der Waals surface area contributed by atoms with Crippen LogP contribution in [0.3, 0.4) is 0 Å². The molecule has 0 radical (unpaired) electrons. The van der Waals surface area contributed by atoms with Crippen LogP contribution in [-0.4, -0.2) is 64.9 Å². The first kappa shape index (κ1) is 50.7. The van der Waals surface area contributed by atoms with Gasteiger partial charge in [-0.05, 0) is 64.2 Å². The summed E-state index contributed by atoms with van der Waals surface area (Å²) in [5.74, 6) is -2.40. The number of carbonyl (C=O) groups excluding carboxylic acids is 2. The Morgan fingerprint density at radius 2 is 1.08 bits per heavy atom. The molecule has 11 nitrogen and oxygen atoms in total. The van der Waals surface area contributed by atoms with Crippen molar-refractivity contribution in [3.8, 4) is 0 Å². The van der Waals surface area contributed by atoms with Crippen molar-refractivity contribution in [3.63, 3.8) is 0 Å². The molecular formula is C41H74NO10P. The molecule has 0 aliphatic carbocycles. The van der Waals surface area contributed by atoms with Crippen LogP contribution in [0.5, 0.6) is 0 Å². The second-order valence-corrected chi connectivity index (χ2v) is 15.3. The summed E-state index contributed by atoms with van der Waals surface area (Å²) in [5, 5.41) is 21.8. The Morgan fingerprint density at radius 1 is 0.604 bits per heavy atom. The molecule has 0 aliphatic rings. The molecule has 0 aromatic carbocycles. The van der Waals surface area contributed by atoms with E-state index in [9.17, 15) is 34.1 Å². The van der Waals surface area contributed by atoms with E-state index in [1.54, 1.807) is 0 Å². The molecule has 0 aromatic rings. The van der Waals surface area contributed by atoms with Gasteiger partial charge in [-0.25, -0.2) is 9.36 Å². The number of aliphatic carboxylic acids is 1. The van der Waals surface area contributed by atoms with Gasteiger partial charge in [-0.15, -0.1) is 0 Å². The van der Waals surface area contributed by atoms with Gasteiger partial charge in [0.15, 0.2) is 6.04 Å². The molecule has 4 N–H and O–H groups in total. The number of aliphatic hydroxyl groups is 1. The van der Waals surface area contributed by atoms with Crippen molar-refractivity contribution >= 4 is 25.7 Å². The van der Waals surface area contributed by atoms with E-state index in [1.165, 1.54) is 44.9 Å². The van der Waals surface area contributed by atoms with Crippen LogP contribution in [0.2, 0.25) is 0 Å². The largest absolute Gasteiger partial charge is 0.480 e. The van der Waals surface area contributed by atoms with Crippen LogP contribution in [0.25, 0.3) is 0 Å². The van der Waals surface area contributed by atoms with Crippen molar-refractivity contribution in [3.05, 3.63) is 36.5 Å². The number of hydrogen-bond donors (Lipinski definition) is 4. The average molecular weight is 772 g/mol. The first-order chi connectivity index (χ1) is 25.6. The summed E-state index contributed by atoms with van der Waals surface area (Å²) in [6.07, 6.45) is 37.4. The molecular weight excluding hydrogens is 697 g/mol. The number of rotatable bonds is 38. The SMILES string of the molecule is CCC/C=C\C/C=C\CCCCCCCC(=O)NC(COP(=O)(O)OCC(O)COC(=O)CCCCCCC/C=C\CCCCCCCCC)C(=O)O. The number of unbranched alkanes of at least 4 members (excludes halogenated alkanes) is 18. The van der Waals surface area contributed by atoms with Crippen molar-refractivity contribution in [1.29, 1.82) is 0 Å². The van der Waals surface area contributed by atoms with Crippen LogP contribution in [0.1, 0.15) is 174 Å². The Bertz CT molecular complexity index is 1050. The molecule has 0 heterocycles. The number of esters is 1. The lowest BCUT2D eigenvalue weighted by Gasteiger charge is -2.18. The highest BCUT2D eigenvalue weighted by atomic mass is 31.2. The van der Waals surface area contributed by atoms with Crippen molar-refractivity contribution in [1.82, 2.24) is 5.32 Å². The lowest BCUT2D eigenvalue weighted by Crippen LogP contribution is -2.43. The van der Waals surface area contributed by atoms with Gasteiger partial charge in [0.25, 0.3) is 0 Å². The third-order valence-electron chi connectivity index (χ3n) is 8.63. The van der Waals surface area contributed by atoms with Gasteiger partial charge in [0.05, 0.1) is 13.2 Å². The summed E-state index contributed by atoms with van der Waals surface area (Å²) in [6.45, 7) is 2.49. The van der Waals surface area contributed by atoms with Crippen LogP contribution in [0.15, 0.2) is 36.5 Å². The van der Waals surface area contributed by atoms with Crippen molar-refractivity contribution in [2.24, 2.45) is 0 Å². The molecule has 0 rings (SSSR count). The monoisotopic (exact) mass is 772 g/mol. The Hall–Kier alpha value is -2.30. The fourth-order valence-corrected chi connectivity index (χ4v) is 6.18. The highest BCUT2D eigenvalue weighted by molar-refractivity contribution is 7.47. The molecule has 0 aromatic heterocycles. The number of phosphoric ester groups is 1. The second-order valence-electron chi connectivity index (χ2n) is 13.8. The van der Waals surface area contributed by atoms with Crippen molar-refractivity contribution < 1.29 is 47.8 Å². The highest BCUT2D eigenvalue weighted by Gasteiger charge is 2.28. The van der Waals surface area contributed by atoms with Gasteiger partial charge in [-0.2, -0.15) is 0 Å². The highest BCUT2D eigenvalue weighted by Crippen LogP contribution is 2.43. The summed E-state index contributed by atoms with van der Waals surface area (Å²) in [7, 11) is -4.76. The molecule has 53 heavy (non-hydrogen) atoms. The maximum absolute atomic E-state index is 12.2. The van der Waals surface area contributed by atoms with E-state index in [4.69, 9.17) is 13.8 Å². The molecule has 0 fully saturated rings. The molecule has 12 heteroatoms. The molecule has 0 aliphatic heterocycles. The predicted octanol–water partition coefficient (Wildman–Crippen LogP) is 10.1. The molecule has 3 unspecified atom stereocenters. The zero-order valence-corrected chi connectivity index (χ0v) is 34.0. The topological polar surface area (TPSA) is 169 Å². The van der Waals surface area contributed by atoms with Crippen molar-refractivity contribution in [2.45, 2.75) is 187 Å². The molecule has 0 saturated heterocycles. The number of amides is 1. The molecule has 0 bridgehead atoms. The number of nitrogens with one attached hydrogen (secondary N) is 1. The fraction of sp³-hybridized carbons (Fsp3) is 0.780. The Labute approximate surface area is 321 Å². The molecule has 0 spiro atoms. The van der Waals surface area contributed by atoms with E-state index in [1.807, 2.05) is 0 Å². The number of ether oxygens (including phenoxy) is 1. The first-order valence-corrected chi connectivity index (χ1v) is 22.0. The minimum atomic E-state index is -4.76. The van der Waals surface area contributed by atoms with Crippen LogP contribution in [0.4, 0.5) is 0 Å². The Kier molecular flexibility index (Phi) is 35.1. The number of carboxylic acids is 1. The maximum atomic E-state index is 12.2. The standard InChI is InChI=1S/C41H74NO10P/c1-3-5-7-9-11-13-15-17-18-19-21-23-25-27-29-31-33-40(45)50-34-37(43)35-51-53(48,49)52-36-38(41(46)47)42-39(44)32-30-28-26-24-22-20-16-14-12-10-8-6-4-2/h8,10,14,16,18-19,37-38,43H,3-7,9,11-13,15,17,20-36H2,1-2H3,(H,42,44)(H,46,47)(H,48,49)/b10-8-,16-14-,19-18-. The van der Waals surface area contributed by atoms with Crippen LogP contribution < -0.4 is 5.32 Å². The summed E-state index contributed by atoms with van der Waals surface area (Å²) < 4.78 is 26.8. The Balaban J connectivity index is 3.95. The normalized spacial score (nSPS) is 14.2. The molecule has 3 atom stereocenters. The van der Waals surface area contributed by atoms with Gasteiger partial charge < -0.3 is 25.2 Å². The van der Waals surface area contributed by atoms with Crippen LogP contribution >= 0.6 is 7.82 Å². The molecule has 1 amide bonds. The predicted molar refractivity (Wildman–Crippen MR) is 212 cm³/mol. The van der Waals surface area contributed by atoms with E-state index in [2.05, 4.69) is 55.6 Å². The minimum absolute atomic E-state index is 0.128. The molecule has 308 valence electrons. The van der Waals surface area contributed by atoms with Gasteiger partial charge >= 0.3 is 19.8 Å². The van der Waals surface area contributed by atoms with E-state index in [-0.39, 0.29) is 12.8 Å². The van der Waals surface area contributed by atoms with E-state index >= 15 is 0 Å². The third kappa shape index (κ3) is 36.4. The lowest BCUT2D eigenvalue weighted by atomic mass is 10.1. The van der Waals surface area contributed by atoms with E-state index < -0.39 is 57.6 Å². The lowest BCUT2D eigenvalue weighted by molar-refractivity contribution is -0.147. The number of carboxylic acid groups (broad SMARTS) is 1. The van der Waals surface area contributed by atoms with Gasteiger partial charge in [-0.3, -0.25) is 18.6 Å². The second kappa shape index (κ2) is 36.7. The van der Waals surface area contributed by atoms with E-state index in [0.717, 1.165) is 89.9 Å². The van der Waals surface area contributed by atoms with E-state index in [0.29, 0.717) is 12.8 Å². The zero-order chi connectivity index (χ0) is 39.3. The summed E-state index contributed by atoms with van der Waals surface area (Å²) in [5.41, 5.74) is 0. The van der Waals surface area contributed by atoms with Crippen molar-refractivity contribution in [2.75, 3.05) is 19.8 Å². The number of phosphoric acid groups is 1. The number of carbonyl (C=O) groups is 3. The van der Waals surface area contributed by atoms with Crippen LogP contribution in [0, 0.1) is 0 Å². The van der Waals surface area contributed by atoms with Crippen LogP contribution in [-0.2, 0) is 32.7 Å². The average Bonchev–Trinajstić information content (AvgIpc) is 3.13. The van der Waals surface area contributed by atoms with Gasteiger partial charge in [0.1, 0.15) is 12.7 Å². The van der Waals surface area contributed by atoms with Gasteiger partial charge in [0, 0.05) is 12.8 Å². The summed E-state index contributed by atoms with van der Waals surface area (Å²) in [4.78, 5) is 45.8. The molecule has 0 saturated carbocycles. The summed E-state index contributed by atoms with van der Waals surface area (Å²) >= 11 is 0. The fourth-order valence-electron chi connectivity index (χ4n) is 5.41. The third-order valence-corrected chi connectivity index (χ3v) is 9.58. The minimum Gasteiger partial charge on any atom is -0.480 e. The number of aliphatic hydroxyl groups excluding tert-OH is 1. The number of hydrogen-bond acceptors (Lipinski definition) is 8. The van der Waals surface area contributed by atoms with Gasteiger partial charge in [-0.1, -0.05) is 134 Å².